The zero-order valence-electron chi connectivity index (χ0n) is 13.5. The van der Waals surface area contributed by atoms with Gasteiger partial charge in [-0.05, 0) is 30.7 Å². The lowest BCUT2D eigenvalue weighted by atomic mass is 10.0. The Kier molecular flexibility index (Phi) is 4.14. The molecule has 1 fully saturated rings. The smallest absolute Gasteiger partial charge is 0.252 e. The second-order valence-electron chi connectivity index (χ2n) is 5.79. The third kappa shape index (κ3) is 2.99. The molecule has 4 rings (SSSR count). The molecule has 0 bridgehead atoms. The highest BCUT2D eigenvalue weighted by Crippen LogP contribution is 2.34. The molecule has 0 atom stereocenters. The van der Waals surface area contributed by atoms with Gasteiger partial charge < -0.3 is 4.52 Å². The second kappa shape index (κ2) is 6.32. The SMILES string of the molecule is CCc1ccc(S(=O)(=O)N2CC(c3nc(-c4ccncc4)no3)C2)s1. The van der Waals surface area contributed by atoms with Crippen molar-refractivity contribution in [3.8, 4) is 11.4 Å². The summed E-state index contributed by atoms with van der Waals surface area (Å²) in [5.74, 6) is 0.895. The summed E-state index contributed by atoms with van der Waals surface area (Å²) in [5.41, 5.74) is 0.819. The van der Waals surface area contributed by atoms with Crippen LogP contribution in [-0.4, -0.2) is 40.9 Å². The minimum Gasteiger partial charge on any atom is -0.339 e. The van der Waals surface area contributed by atoms with Gasteiger partial charge in [-0.2, -0.15) is 9.29 Å². The van der Waals surface area contributed by atoms with Crippen molar-refractivity contribution in [2.45, 2.75) is 23.5 Å². The molecule has 3 aromatic heterocycles. The van der Waals surface area contributed by atoms with E-state index in [1.165, 1.54) is 15.6 Å². The number of nitrogens with zero attached hydrogens (tertiary/aromatic N) is 4. The molecule has 0 N–H and O–H groups in total. The standard InChI is InChI=1S/C16H16N4O3S2/c1-2-13-3-4-14(24-13)25(21,22)20-9-12(10-20)16-18-15(19-23-16)11-5-7-17-8-6-11/h3-8,12H,2,9-10H2,1H3. The molecule has 4 heterocycles. The molecule has 1 aliphatic rings. The topological polar surface area (TPSA) is 89.2 Å². The maximum atomic E-state index is 12.6. The fourth-order valence-electron chi connectivity index (χ4n) is 2.62. The first-order chi connectivity index (χ1) is 12.1. The van der Waals surface area contributed by atoms with E-state index in [0.29, 0.717) is 29.0 Å². The van der Waals surface area contributed by atoms with Gasteiger partial charge in [0, 0.05) is 35.9 Å². The monoisotopic (exact) mass is 376 g/mol. The summed E-state index contributed by atoms with van der Waals surface area (Å²) in [6, 6.07) is 7.15. The molecule has 1 aliphatic heterocycles. The molecule has 3 aromatic rings. The minimum atomic E-state index is -3.42. The van der Waals surface area contributed by atoms with E-state index < -0.39 is 10.0 Å². The van der Waals surface area contributed by atoms with Crippen molar-refractivity contribution in [3.63, 3.8) is 0 Å². The number of thiophene rings is 1. The molecular weight excluding hydrogens is 360 g/mol. The van der Waals surface area contributed by atoms with Crippen molar-refractivity contribution in [2.24, 2.45) is 0 Å². The average molecular weight is 376 g/mol. The van der Waals surface area contributed by atoms with Gasteiger partial charge in [-0.3, -0.25) is 4.98 Å². The summed E-state index contributed by atoms with van der Waals surface area (Å²) in [5, 5.41) is 3.97. The average Bonchev–Trinajstić information content (AvgIpc) is 3.24. The van der Waals surface area contributed by atoms with Crippen LogP contribution in [0.25, 0.3) is 11.4 Å². The summed E-state index contributed by atoms with van der Waals surface area (Å²) in [6.45, 7) is 2.73. The predicted octanol–water partition coefficient (Wildman–Crippen LogP) is 2.54. The summed E-state index contributed by atoms with van der Waals surface area (Å²) in [6.07, 6.45) is 4.16. The zero-order valence-corrected chi connectivity index (χ0v) is 15.1. The van der Waals surface area contributed by atoms with Gasteiger partial charge in [0.05, 0.1) is 5.92 Å². The Morgan fingerprint density at radius 3 is 2.68 bits per heavy atom. The van der Waals surface area contributed by atoms with Crippen LogP contribution in [-0.2, 0) is 16.4 Å². The van der Waals surface area contributed by atoms with Crippen molar-refractivity contribution >= 4 is 21.4 Å². The molecule has 25 heavy (non-hydrogen) atoms. The number of aromatic nitrogens is 3. The molecule has 0 aliphatic carbocycles. The van der Waals surface area contributed by atoms with E-state index in [9.17, 15) is 8.42 Å². The van der Waals surface area contributed by atoms with E-state index in [2.05, 4.69) is 15.1 Å². The fraction of sp³-hybridized carbons (Fsp3) is 0.312. The Morgan fingerprint density at radius 1 is 1.24 bits per heavy atom. The van der Waals surface area contributed by atoms with Gasteiger partial charge >= 0.3 is 0 Å². The predicted molar refractivity (Wildman–Crippen MR) is 92.7 cm³/mol. The van der Waals surface area contributed by atoms with Crippen molar-refractivity contribution in [2.75, 3.05) is 13.1 Å². The van der Waals surface area contributed by atoms with Gasteiger partial charge in [-0.25, -0.2) is 8.42 Å². The Bertz CT molecular complexity index is 976. The first kappa shape index (κ1) is 16.4. The highest BCUT2D eigenvalue weighted by atomic mass is 32.2. The van der Waals surface area contributed by atoms with Crippen LogP contribution >= 0.6 is 11.3 Å². The first-order valence-electron chi connectivity index (χ1n) is 7.91. The highest BCUT2D eigenvalue weighted by Gasteiger charge is 2.41. The van der Waals surface area contributed by atoms with E-state index in [1.54, 1.807) is 30.6 Å². The normalized spacial score (nSPS) is 16.0. The van der Waals surface area contributed by atoms with E-state index in [0.717, 1.165) is 16.9 Å². The second-order valence-corrected chi connectivity index (χ2v) is 9.12. The zero-order chi connectivity index (χ0) is 17.4. The largest absolute Gasteiger partial charge is 0.339 e. The van der Waals surface area contributed by atoms with Crippen LogP contribution in [0.15, 0.2) is 45.4 Å². The van der Waals surface area contributed by atoms with E-state index in [4.69, 9.17) is 4.52 Å². The Morgan fingerprint density at radius 2 is 2.00 bits per heavy atom. The van der Waals surface area contributed by atoms with E-state index in [-0.39, 0.29) is 5.92 Å². The maximum Gasteiger partial charge on any atom is 0.252 e. The minimum absolute atomic E-state index is 0.0662. The lowest BCUT2D eigenvalue weighted by Gasteiger charge is -2.35. The lowest BCUT2D eigenvalue weighted by molar-refractivity contribution is 0.217. The van der Waals surface area contributed by atoms with Crippen LogP contribution in [0.3, 0.4) is 0 Å². The third-order valence-corrected chi connectivity index (χ3v) is 7.69. The molecule has 7 nitrogen and oxygen atoms in total. The Balaban J connectivity index is 1.46. The van der Waals surface area contributed by atoms with Crippen molar-refractivity contribution in [3.05, 3.63) is 47.4 Å². The number of hydrogen-bond acceptors (Lipinski definition) is 7. The lowest BCUT2D eigenvalue weighted by Crippen LogP contribution is -2.48. The number of hydrogen-bond donors (Lipinski definition) is 0. The van der Waals surface area contributed by atoms with Crippen LogP contribution in [0.1, 0.15) is 23.6 Å². The van der Waals surface area contributed by atoms with Gasteiger partial charge in [0.2, 0.25) is 11.7 Å². The molecule has 1 saturated heterocycles. The Labute approximate surface area is 149 Å². The van der Waals surface area contributed by atoms with Crippen LogP contribution in [0, 0.1) is 0 Å². The number of sulfonamides is 1. The molecule has 0 spiro atoms. The fourth-order valence-corrected chi connectivity index (χ4v) is 5.60. The van der Waals surface area contributed by atoms with Crippen LogP contribution in [0.4, 0.5) is 0 Å². The highest BCUT2D eigenvalue weighted by molar-refractivity contribution is 7.91. The van der Waals surface area contributed by atoms with E-state index >= 15 is 0 Å². The summed E-state index contributed by atoms with van der Waals surface area (Å²) < 4.78 is 32.4. The molecule has 0 saturated carbocycles. The van der Waals surface area contributed by atoms with Gasteiger partial charge in [-0.1, -0.05) is 12.1 Å². The van der Waals surface area contributed by atoms with Gasteiger partial charge in [0.25, 0.3) is 10.0 Å². The quantitative estimate of drug-likeness (QED) is 0.680. The van der Waals surface area contributed by atoms with Crippen molar-refractivity contribution in [1.82, 2.24) is 19.4 Å². The molecule has 9 heteroatoms. The van der Waals surface area contributed by atoms with E-state index in [1.807, 2.05) is 13.0 Å². The summed E-state index contributed by atoms with van der Waals surface area (Å²) in [7, 11) is -3.42. The number of pyridine rings is 1. The van der Waals surface area contributed by atoms with Crippen LogP contribution in [0.2, 0.25) is 0 Å². The van der Waals surface area contributed by atoms with Crippen molar-refractivity contribution < 1.29 is 12.9 Å². The summed E-state index contributed by atoms with van der Waals surface area (Å²) in [4.78, 5) is 9.40. The third-order valence-electron chi connectivity index (χ3n) is 4.16. The van der Waals surface area contributed by atoms with Crippen LogP contribution < -0.4 is 0 Å². The van der Waals surface area contributed by atoms with Gasteiger partial charge in [-0.15, -0.1) is 11.3 Å². The molecule has 0 amide bonds. The van der Waals surface area contributed by atoms with Gasteiger partial charge in [0.15, 0.2) is 0 Å². The number of aryl methyl sites for hydroxylation is 1. The van der Waals surface area contributed by atoms with Gasteiger partial charge in [0.1, 0.15) is 4.21 Å². The molecule has 130 valence electrons. The molecular formula is C16H16N4O3S2. The molecule has 0 radical (unpaired) electrons. The first-order valence-corrected chi connectivity index (χ1v) is 10.2. The molecule has 0 aromatic carbocycles. The number of rotatable bonds is 5. The molecule has 0 unspecified atom stereocenters. The van der Waals surface area contributed by atoms with Crippen LogP contribution in [0.5, 0.6) is 0 Å². The Hall–Kier alpha value is -2.10. The van der Waals surface area contributed by atoms with Crippen molar-refractivity contribution in [1.29, 1.82) is 0 Å². The maximum absolute atomic E-state index is 12.6. The summed E-state index contributed by atoms with van der Waals surface area (Å²) >= 11 is 1.33.